The molecule has 2 rings (SSSR count). The highest BCUT2D eigenvalue weighted by atomic mass is 16.1. The van der Waals surface area contributed by atoms with E-state index >= 15 is 0 Å². The molecule has 3 N–H and O–H groups in total. The van der Waals surface area contributed by atoms with Crippen LogP contribution in [0.1, 0.15) is 22.6 Å². The first-order valence-electron chi connectivity index (χ1n) is 5.52. The zero-order chi connectivity index (χ0) is 12.3. The molecule has 17 heavy (non-hydrogen) atoms. The van der Waals surface area contributed by atoms with E-state index < -0.39 is 0 Å². The molecule has 0 saturated carbocycles. The number of carbonyl (C=O) groups is 1. The number of aryl methyl sites for hydroxylation is 1. The van der Waals surface area contributed by atoms with E-state index in [4.69, 9.17) is 5.73 Å². The predicted molar refractivity (Wildman–Crippen MR) is 63.7 cm³/mol. The minimum atomic E-state index is -0.103. The van der Waals surface area contributed by atoms with Gasteiger partial charge < -0.3 is 11.1 Å². The number of nitrogens with zero attached hydrogens (tertiary/aromatic N) is 3. The second-order valence-corrected chi connectivity index (χ2v) is 3.79. The summed E-state index contributed by atoms with van der Waals surface area (Å²) in [6, 6.07) is 3.51. The fraction of sp³-hybridized carbons (Fsp3) is 0.364. The number of fused-ring (bicyclic) bond motifs is 1. The van der Waals surface area contributed by atoms with E-state index in [-0.39, 0.29) is 5.91 Å². The summed E-state index contributed by atoms with van der Waals surface area (Å²) in [6.07, 6.45) is 2.52. The minimum Gasteiger partial charge on any atom is -0.352 e. The predicted octanol–water partition coefficient (Wildman–Crippen LogP) is 0.116. The van der Waals surface area contributed by atoms with Crippen molar-refractivity contribution in [2.24, 2.45) is 5.73 Å². The smallest absolute Gasteiger partial charge is 0.252 e. The fourth-order valence-electron chi connectivity index (χ4n) is 1.55. The summed E-state index contributed by atoms with van der Waals surface area (Å²) in [5.41, 5.74) is 6.69. The average Bonchev–Trinajstić information content (AvgIpc) is 2.71. The second kappa shape index (κ2) is 4.92. The van der Waals surface area contributed by atoms with Gasteiger partial charge in [-0.1, -0.05) is 0 Å². The lowest BCUT2D eigenvalue weighted by Crippen LogP contribution is -2.26. The van der Waals surface area contributed by atoms with Crippen LogP contribution < -0.4 is 11.1 Å². The summed E-state index contributed by atoms with van der Waals surface area (Å²) in [6.45, 7) is 3.01. The van der Waals surface area contributed by atoms with Crippen LogP contribution in [-0.2, 0) is 0 Å². The van der Waals surface area contributed by atoms with Crippen molar-refractivity contribution in [2.75, 3.05) is 13.1 Å². The third kappa shape index (κ3) is 2.42. The molecule has 0 aliphatic rings. The number of rotatable bonds is 4. The number of hydrogen-bond acceptors (Lipinski definition) is 4. The zero-order valence-corrected chi connectivity index (χ0v) is 9.68. The molecule has 90 valence electrons. The van der Waals surface area contributed by atoms with Gasteiger partial charge in [-0.05, 0) is 32.0 Å². The molecule has 0 spiro atoms. The molecule has 0 fully saturated rings. The molecule has 0 atom stereocenters. The van der Waals surface area contributed by atoms with Crippen molar-refractivity contribution in [1.82, 2.24) is 19.9 Å². The highest BCUT2D eigenvalue weighted by Gasteiger charge is 2.07. The summed E-state index contributed by atoms with van der Waals surface area (Å²) in [5.74, 6) is 0.657. The topological polar surface area (TPSA) is 85.3 Å². The monoisotopic (exact) mass is 233 g/mol. The number of nitrogens with one attached hydrogen (secondary N) is 1. The second-order valence-electron chi connectivity index (χ2n) is 3.79. The Morgan fingerprint density at radius 1 is 1.47 bits per heavy atom. The quantitative estimate of drug-likeness (QED) is 0.734. The Labute approximate surface area is 98.8 Å². The lowest BCUT2D eigenvalue weighted by molar-refractivity contribution is 0.0953. The Morgan fingerprint density at radius 2 is 2.29 bits per heavy atom. The lowest BCUT2D eigenvalue weighted by Gasteiger charge is -2.04. The van der Waals surface area contributed by atoms with Crippen molar-refractivity contribution in [1.29, 1.82) is 0 Å². The maximum atomic E-state index is 11.8. The summed E-state index contributed by atoms with van der Waals surface area (Å²) < 4.78 is 1.79. The molecule has 0 aliphatic carbocycles. The molecule has 0 saturated heterocycles. The Bertz CT molecular complexity index is 534. The van der Waals surface area contributed by atoms with Crippen LogP contribution in [0.5, 0.6) is 0 Å². The SMILES string of the molecule is Cc1nnc2ccc(C(=O)NCCCN)cn12. The highest BCUT2D eigenvalue weighted by molar-refractivity contribution is 5.94. The maximum Gasteiger partial charge on any atom is 0.252 e. The first-order valence-corrected chi connectivity index (χ1v) is 5.52. The normalized spacial score (nSPS) is 10.7. The van der Waals surface area contributed by atoms with E-state index in [0.717, 1.165) is 17.9 Å². The number of hydrogen-bond donors (Lipinski definition) is 2. The van der Waals surface area contributed by atoms with E-state index in [1.54, 1.807) is 22.7 Å². The van der Waals surface area contributed by atoms with Gasteiger partial charge in [-0.3, -0.25) is 9.20 Å². The van der Waals surface area contributed by atoms with Gasteiger partial charge in [0.1, 0.15) is 5.82 Å². The van der Waals surface area contributed by atoms with Gasteiger partial charge in [0.05, 0.1) is 5.56 Å². The van der Waals surface area contributed by atoms with Crippen LogP contribution in [0.15, 0.2) is 18.3 Å². The van der Waals surface area contributed by atoms with Crippen molar-refractivity contribution in [3.8, 4) is 0 Å². The van der Waals surface area contributed by atoms with Crippen LogP contribution in [0.4, 0.5) is 0 Å². The first kappa shape index (κ1) is 11.5. The molecule has 0 radical (unpaired) electrons. The van der Waals surface area contributed by atoms with Crippen molar-refractivity contribution in [2.45, 2.75) is 13.3 Å². The van der Waals surface area contributed by atoms with Crippen molar-refractivity contribution < 1.29 is 4.79 Å². The van der Waals surface area contributed by atoms with Crippen molar-refractivity contribution in [3.05, 3.63) is 29.7 Å². The van der Waals surface area contributed by atoms with E-state index in [1.165, 1.54) is 0 Å². The Balaban J connectivity index is 2.17. The lowest BCUT2D eigenvalue weighted by atomic mass is 10.2. The van der Waals surface area contributed by atoms with Gasteiger partial charge >= 0.3 is 0 Å². The number of carbonyl (C=O) groups excluding carboxylic acids is 1. The maximum absolute atomic E-state index is 11.8. The third-order valence-corrected chi connectivity index (χ3v) is 2.50. The molecular formula is C11H15N5O. The van der Waals surface area contributed by atoms with Crippen LogP contribution in [0.2, 0.25) is 0 Å². The standard InChI is InChI=1S/C11H15N5O/c1-8-14-15-10-4-3-9(7-16(8)10)11(17)13-6-2-5-12/h3-4,7H,2,5-6,12H2,1H3,(H,13,17). The minimum absolute atomic E-state index is 0.103. The molecule has 0 aromatic carbocycles. The molecule has 6 nitrogen and oxygen atoms in total. The number of amides is 1. The number of aromatic nitrogens is 3. The van der Waals surface area contributed by atoms with Gasteiger partial charge in [0.25, 0.3) is 5.91 Å². The van der Waals surface area contributed by atoms with Gasteiger partial charge in [-0.2, -0.15) is 0 Å². The van der Waals surface area contributed by atoms with Crippen LogP contribution in [-0.4, -0.2) is 33.6 Å². The van der Waals surface area contributed by atoms with Gasteiger partial charge in [0.15, 0.2) is 5.65 Å². The third-order valence-electron chi connectivity index (χ3n) is 2.50. The number of nitrogens with two attached hydrogens (primary N) is 1. The zero-order valence-electron chi connectivity index (χ0n) is 9.68. The van der Waals surface area contributed by atoms with Crippen LogP contribution in [0.25, 0.3) is 5.65 Å². The molecule has 0 bridgehead atoms. The number of pyridine rings is 1. The van der Waals surface area contributed by atoms with E-state index in [9.17, 15) is 4.79 Å². The molecule has 0 aliphatic heterocycles. The average molecular weight is 233 g/mol. The van der Waals surface area contributed by atoms with E-state index in [0.29, 0.717) is 18.7 Å². The largest absolute Gasteiger partial charge is 0.352 e. The molecular weight excluding hydrogens is 218 g/mol. The molecule has 2 aromatic rings. The van der Waals surface area contributed by atoms with Crippen LogP contribution >= 0.6 is 0 Å². The fourth-order valence-corrected chi connectivity index (χ4v) is 1.55. The Kier molecular flexibility index (Phi) is 3.34. The van der Waals surface area contributed by atoms with Crippen molar-refractivity contribution in [3.63, 3.8) is 0 Å². The molecule has 2 heterocycles. The van der Waals surface area contributed by atoms with Gasteiger partial charge in [0, 0.05) is 12.7 Å². The summed E-state index contributed by atoms with van der Waals surface area (Å²) >= 11 is 0. The Hall–Kier alpha value is -1.95. The molecule has 2 aromatic heterocycles. The van der Waals surface area contributed by atoms with E-state index in [2.05, 4.69) is 15.5 Å². The van der Waals surface area contributed by atoms with Gasteiger partial charge in [0.2, 0.25) is 0 Å². The molecule has 1 amide bonds. The summed E-state index contributed by atoms with van der Waals surface area (Å²) in [7, 11) is 0. The van der Waals surface area contributed by atoms with E-state index in [1.807, 2.05) is 6.92 Å². The Morgan fingerprint density at radius 3 is 3.06 bits per heavy atom. The first-order chi connectivity index (χ1) is 8.22. The highest BCUT2D eigenvalue weighted by Crippen LogP contribution is 2.06. The molecule has 0 unspecified atom stereocenters. The summed E-state index contributed by atoms with van der Waals surface area (Å²) in [4.78, 5) is 11.8. The van der Waals surface area contributed by atoms with Crippen LogP contribution in [0, 0.1) is 6.92 Å². The van der Waals surface area contributed by atoms with Gasteiger partial charge in [-0.15, -0.1) is 10.2 Å². The molecule has 6 heteroatoms. The van der Waals surface area contributed by atoms with Crippen LogP contribution in [0.3, 0.4) is 0 Å². The van der Waals surface area contributed by atoms with Crippen molar-refractivity contribution >= 4 is 11.6 Å². The summed E-state index contributed by atoms with van der Waals surface area (Å²) in [5, 5.41) is 10.7. The van der Waals surface area contributed by atoms with Gasteiger partial charge in [-0.25, -0.2) is 0 Å².